The van der Waals surface area contributed by atoms with E-state index in [1.807, 2.05) is 0 Å². The van der Waals surface area contributed by atoms with E-state index in [1.165, 1.54) is 0 Å². The molecule has 0 aliphatic carbocycles. The molecule has 0 rings (SSSR count). The quantitative estimate of drug-likeness (QED) is 0.388. The predicted molar refractivity (Wildman–Crippen MR) is 11.1 cm³/mol. The normalized spacial score (nSPS) is 0. The van der Waals surface area contributed by atoms with Gasteiger partial charge >= 0.3 is 0 Å². The van der Waals surface area contributed by atoms with Crippen molar-refractivity contribution in [2.24, 2.45) is 0 Å². The maximum Gasteiger partial charge on any atom is 0 e. The molecular weight excluding hydrogens is 412 g/mol. The van der Waals surface area contributed by atoms with Crippen LogP contribution in [0.5, 0.6) is 0 Å². The standard InChI is InChI=1S/La.Ni.H3P.W/h;;1H3;. The Morgan fingerprint density at radius 2 is 1.00 bits per heavy atom. The molecule has 0 saturated heterocycles. The van der Waals surface area contributed by atoms with Crippen LogP contribution >= 0.6 is 9.90 Å². The zero-order valence-corrected chi connectivity index (χ0v) is 11.0. The summed E-state index contributed by atoms with van der Waals surface area (Å²) < 4.78 is 0. The van der Waals surface area contributed by atoms with Crippen LogP contribution in [0.3, 0.4) is 0 Å². The third-order valence-electron chi connectivity index (χ3n) is 0. The molecule has 0 aliphatic heterocycles. The van der Waals surface area contributed by atoms with E-state index in [2.05, 4.69) is 0 Å². The topological polar surface area (TPSA) is 0 Å². The third-order valence-corrected chi connectivity index (χ3v) is 0. The van der Waals surface area contributed by atoms with E-state index in [-0.39, 0.29) is 83.1 Å². The molecule has 1 atom stereocenters. The van der Waals surface area contributed by atoms with E-state index in [0.717, 1.165) is 0 Å². The van der Waals surface area contributed by atoms with Crippen molar-refractivity contribution in [1.82, 2.24) is 0 Å². The van der Waals surface area contributed by atoms with Crippen LogP contribution in [0.25, 0.3) is 0 Å². The zero-order valence-electron chi connectivity index (χ0n) is 2.01. The van der Waals surface area contributed by atoms with E-state index in [1.54, 1.807) is 0 Å². The Labute approximate surface area is 81.7 Å². The van der Waals surface area contributed by atoms with Gasteiger partial charge in [0.1, 0.15) is 0 Å². The Bertz CT molecular complexity index is 8.00. The van der Waals surface area contributed by atoms with Gasteiger partial charge in [0.25, 0.3) is 0 Å². The van der Waals surface area contributed by atoms with E-state index in [9.17, 15) is 0 Å². The van der Waals surface area contributed by atoms with Gasteiger partial charge in [-0.25, -0.2) is 0 Å². The number of rotatable bonds is 0. The number of hydrogen-bond donors (Lipinski definition) is 0. The van der Waals surface area contributed by atoms with Crippen LogP contribution < -0.4 is 0 Å². The van der Waals surface area contributed by atoms with Gasteiger partial charge in [-0.3, -0.25) is 0 Å². The van der Waals surface area contributed by atoms with Gasteiger partial charge in [0.05, 0.1) is 0 Å². The fourth-order valence-electron chi connectivity index (χ4n) is 0. The molecule has 1 unspecified atom stereocenters. The van der Waals surface area contributed by atoms with E-state index >= 15 is 0 Å². The molecule has 0 N–H and O–H groups in total. The van der Waals surface area contributed by atoms with Crippen LogP contribution in [0.4, 0.5) is 0 Å². The van der Waals surface area contributed by atoms with Crippen molar-refractivity contribution in [3.63, 3.8) is 0 Å². The van der Waals surface area contributed by atoms with E-state index < -0.39 is 0 Å². The molecule has 0 aromatic carbocycles. The SMILES string of the molecule is P.[La].[Ni].[W]. The summed E-state index contributed by atoms with van der Waals surface area (Å²) in [7, 11) is 0. The molecule has 0 bridgehead atoms. The molecule has 0 spiro atoms. The second-order valence-corrected chi connectivity index (χ2v) is 0. The maximum absolute atomic E-state index is 0. The minimum atomic E-state index is 0. The van der Waals surface area contributed by atoms with E-state index in [4.69, 9.17) is 0 Å². The molecule has 0 saturated carbocycles. The largest absolute Gasteiger partial charge is 0.153 e. The maximum atomic E-state index is 0. The van der Waals surface area contributed by atoms with Crippen molar-refractivity contribution in [1.29, 1.82) is 0 Å². The summed E-state index contributed by atoms with van der Waals surface area (Å²) in [4.78, 5) is 0. The first-order valence-electron chi connectivity index (χ1n) is 0. The summed E-state index contributed by atoms with van der Waals surface area (Å²) in [5.41, 5.74) is 0. The van der Waals surface area contributed by atoms with Crippen LogP contribution in [0.2, 0.25) is 0 Å². The molecule has 27 valence electrons. The van der Waals surface area contributed by atoms with Crippen molar-refractivity contribution < 1.29 is 73.2 Å². The molecule has 1 radical (unpaired) electrons. The van der Waals surface area contributed by atoms with Crippen molar-refractivity contribution in [3.05, 3.63) is 0 Å². The van der Waals surface area contributed by atoms with Gasteiger partial charge in [-0.1, -0.05) is 0 Å². The Morgan fingerprint density at radius 3 is 1.00 bits per heavy atom. The van der Waals surface area contributed by atoms with Gasteiger partial charge in [-0.05, 0) is 0 Å². The van der Waals surface area contributed by atoms with Gasteiger partial charge in [-0.2, -0.15) is 9.90 Å². The van der Waals surface area contributed by atoms with Gasteiger partial charge in [0, 0.05) is 73.2 Å². The summed E-state index contributed by atoms with van der Waals surface area (Å²) in [6, 6.07) is 0. The summed E-state index contributed by atoms with van der Waals surface area (Å²) in [6.07, 6.45) is 0. The molecule has 0 aromatic rings. The average Bonchev–Trinajstić information content (AvgIpc) is 0. The molecule has 0 nitrogen and oxygen atoms in total. The molecular formula is H3LaNiPW. The van der Waals surface area contributed by atoms with Crippen molar-refractivity contribution in [3.8, 4) is 0 Å². The first kappa shape index (κ1) is 29.1. The van der Waals surface area contributed by atoms with Crippen molar-refractivity contribution >= 4 is 9.90 Å². The first-order chi connectivity index (χ1) is 0. The smallest absolute Gasteiger partial charge is 0 e. The second-order valence-electron chi connectivity index (χ2n) is 0. The Morgan fingerprint density at radius 1 is 1.00 bits per heavy atom. The molecule has 4 heteroatoms. The van der Waals surface area contributed by atoms with Crippen LogP contribution in [0.1, 0.15) is 0 Å². The number of hydrogen-bond acceptors (Lipinski definition) is 0. The predicted octanol–water partition coefficient (Wildman–Crippen LogP) is 0.0531. The summed E-state index contributed by atoms with van der Waals surface area (Å²) in [6.45, 7) is 0. The van der Waals surface area contributed by atoms with Crippen LogP contribution in [0.15, 0.2) is 0 Å². The molecule has 0 heterocycles. The van der Waals surface area contributed by atoms with Gasteiger partial charge < -0.3 is 0 Å². The van der Waals surface area contributed by atoms with Crippen LogP contribution in [0, 0.1) is 35.6 Å². The molecule has 0 amide bonds. The van der Waals surface area contributed by atoms with E-state index in [0.29, 0.717) is 0 Å². The first-order valence-corrected chi connectivity index (χ1v) is 0. The summed E-state index contributed by atoms with van der Waals surface area (Å²) in [5, 5.41) is 0. The third kappa shape index (κ3) is 8.84. The minimum Gasteiger partial charge on any atom is -0.153 e. The summed E-state index contributed by atoms with van der Waals surface area (Å²) in [5.74, 6) is 0. The van der Waals surface area contributed by atoms with Crippen LogP contribution in [-0.4, -0.2) is 0 Å². The molecule has 0 fully saturated rings. The van der Waals surface area contributed by atoms with Crippen molar-refractivity contribution in [2.75, 3.05) is 0 Å². The summed E-state index contributed by atoms with van der Waals surface area (Å²) >= 11 is 0. The van der Waals surface area contributed by atoms with Gasteiger partial charge in [0.15, 0.2) is 0 Å². The Balaban J connectivity index is 0. The molecule has 0 aliphatic rings. The van der Waals surface area contributed by atoms with Crippen LogP contribution in [-0.2, 0) is 37.6 Å². The fraction of sp³-hybridized carbons (Fsp3) is 0. The van der Waals surface area contributed by atoms with Gasteiger partial charge in [-0.15, -0.1) is 0 Å². The zero-order chi connectivity index (χ0) is 0. The molecule has 4 heavy (non-hydrogen) atoms. The monoisotopic (exact) mass is 415 g/mol. The Hall–Kier alpha value is 2.81. The average molecular weight is 415 g/mol. The fourth-order valence-corrected chi connectivity index (χ4v) is 0. The molecule has 0 aromatic heterocycles. The minimum absolute atomic E-state index is 0. The second kappa shape index (κ2) is 17.0. The van der Waals surface area contributed by atoms with Crippen molar-refractivity contribution in [2.45, 2.75) is 0 Å². The van der Waals surface area contributed by atoms with Gasteiger partial charge in [0.2, 0.25) is 0 Å². The Kier molecular flexibility index (Phi) is 124.